The number of hydrogen-bond donors (Lipinski definition) is 2. The van der Waals surface area contributed by atoms with Crippen LogP contribution in [0.5, 0.6) is 0 Å². The third kappa shape index (κ3) is 5.98. The molecule has 0 aliphatic carbocycles. The Kier molecular flexibility index (Phi) is 8.21. The standard InChI is InChI=1S/C30H29ClN6O3/c1-18-10-11-20(12-22(18)26(36-34-17-38)16-33-29(39)40-30(2,3)4)24-15-35-37(5)28(24)27-23(14-32)21-9-7-6-8-19(21)13-25(27)31/h6-13,15,17H,16H2,1-5H3,(H,33,39)(H,34,38)/b36-26-. The zero-order valence-corrected chi connectivity index (χ0v) is 23.6. The molecule has 40 heavy (non-hydrogen) atoms. The quantitative estimate of drug-likeness (QED) is 0.171. The summed E-state index contributed by atoms with van der Waals surface area (Å²) >= 11 is 6.79. The second-order valence-electron chi connectivity index (χ2n) is 10.2. The van der Waals surface area contributed by atoms with Crippen molar-refractivity contribution in [1.82, 2.24) is 20.5 Å². The molecule has 9 nitrogen and oxygen atoms in total. The third-order valence-corrected chi connectivity index (χ3v) is 6.50. The number of nitriles is 1. The van der Waals surface area contributed by atoms with Crippen LogP contribution in [0.4, 0.5) is 4.79 Å². The molecule has 0 atom stereocenters. The van der Waals surface area contributed by atoms with Crippen LogP contribution in [0.3, 0.4) is 0 Å². The van der Waals surface area contributed by atoms with E-state index in [9.17, 15) is 14.9 Å². The van der Waals surface area contributed by atoms with E-state index in [0.717, 1.165) is 27.5 Å². The van der Waals surface area contributed by atoms with E-state index in [4.69, 9.17) is 16.3 Å². The molecule has 10 heteroatoms. The minimum Gasteiger partial charge on any atom is -0.444 e. The van der Waals surface area contributed by atoms with E-state index in [1.54, 1.807) is 38.7 Å². The lowest BCUT2D eigenvalue weighted by Gasteiger charge is -2.20. The van der Waals surface area contributed by atoms with Gasteiger partial charge in [0.1, 0.15) is 11.7 Å². The van der Waals surface area contributed by atoms with Gasteiger partial charge in [0, 0.05) is 29.1 Å². The zero-order valence-electron chi connectivity index (χ0n) is 22.9. The lowest BCUT2D eigenvalue weighted by Crippen LogP contribution is -2.36. The number of alkyl carbamates (subject to hydrolysis) is 1. The smallest absolute Gasteiger partial charge is 0.407 e. The van der Waals surface area contributed by atoms with Gasteiger partial charge in [0.05, 0.1) is 34.7 Å². The first-order chi connectivity index (χ1) is 19.0. The number of hydrazone groups is 1. The Morgan fingerprint density at radius 3 is 2.67 bits per heavy atom. The Morgan fingerprint density at radius 2 is 1.98 bits per heavy atom. The van der Waals surface area contributed by atoms with Gasteiger partial charge < -0.3 is 10.1 Å². The van der Waals surface area contributed by atoms with Gasteiger partial charge in [-0.1, -0.05) is 48.0 Å². The average Bonchev–Trinajstić information content (AvgIpc) is 3.28. The van der Waals surface area contributed by atoms with Crippen LogP contribution in [0.2, 0.25) is 5.02 Å². The van der Waals surface area contributed by atoms with Crippen LogP contribution >= 0.6 is 11.6 Å². The van der Waals surface area contributed by atoms with E-state index in [1.165, 1.54) is 0 Å². The highest BCUT2D eigenvalue weighted by Crippen LogP contribution is 2.41. The number of nitrogens with zero attached hydrogens (tertiary/aromatic N) is 4. The van der Waals surface area contributed by atoms with E-state index in [-0.39, 0.29) is 6.54 Å². The lowest BCUT2D eigenvalue weighted by atomic mass is 9.92. The summed E-state index contributed by atoms with van der Waals surface area (Å²) in [5.41, 5.74) is 6.91. The third-order valence-electron chi connectivity index (χ3n) is 6.20. The van der Waals surface area contributed by atoms with Gasteiger partial charge in [-0.25, -0.2) is 10.2 Å². The van der Waals surface area contributed by atoms with Gasteiger partial charge >= 0.3 is 6.09 Å². The second kappa shape index (κ2) is 11.6. The highest BCUT2D eigenvalue weighted by molar-refractivity contribution is 6.35. The van der Waals surface area contributed by atoms with Crippen LogP contribution < -0.4 is 10.7 Å². The fourth-order valence-electron chi connectivity index (χ4n) is 4.48. The molecule has 4 aromatic rings. The Bertz CT molecular complexity index is 1680. The normalized spacial score (nSPS) is 11.7. The van der Waals surface area contributed by atoms with Gasteiger partial charge in [-0.05, 0) is 56.3 Å². The molecule has 1 aromatic heterocycles. The number of benzene rings is 3. The molecular weight excluding hydrogens is 528 g/mol. The largest absolute Gasteiger partial charge is 0.444 e. The molecule has 4 rings (SSSR count). The molecule has 1 heterocycles. The number of amides is 2. The number of ether oxygens (including phenoxy) is 1. The first-order valence-electron chi connectivity index (χ1n) is 12.5. The van der Waals surface area contributed by atoms with Crippen molar-refractivity contribution in [2.45, 2.75) is 33.3 Å². The molecule has 0 aliphatic heterocycles. The van der Waals surface area contributed by atoms with Crippen molar-refractivity contribution >= 4 is 40.6 Å². The second-order valence-corrected chi connectivity index (χ2v) is 10.6. The first-order valence-corrected chi connectivity index (χ1v) is 12.9. The van der Waals surface area contributed by atoms with Gasteiger partial charge in [-0.2, -0.15) is 15.5 Å². The minimum absolute atomic E-state index is 0.00896. The van der Waals surface area contributed by atoms with Crippen LogP contribution in [0.1, 0.15) is 37.5 Å². The summed E-state index contributed by atoms with van der Waals surface area (Å²) in [5.74, 6) is 0. The molecule has 0 saturated carbocycles. The van der Waals surface area contributed by atoms with Crippen molar-refractivity contribution in [3.05, 3.63) is 76.4 Å². The van der Waals surface area contributed by atoms with Crippen LogP contribution in [-0.2, 0) is 16.6 Å². The number of carbonyl (C=O) groups excluding carboxylic acids is 2. The summed E-state index contributed by atoms with van der Waals surface area (Å²) in [6, 6.07) is 17.5. The summed E-state index contributed by atoms with van der Waals surface area (Å²) in [5, 5.41) is 23.6. The highest BCUT2D eigenvalue weighted by atomic mass is 35.5. The van der Waals surface area contributed by atoms with Crippen LogP contribution in [0, 0.1) is 18.3 Å². The Balaban J connectivity index is 1.82. The number of hydrogen-bond acceptors (Lipinski definition) is 6. The number of carbonyl (C=O) groups is 2. The van der Waals surface area contributed by atoms with Crippen LogP contribution in [-0.4, -0.2) is 40.1 Å². The van der Waals surface area contributed by atoms with E-state index in [1.807, 2.05) is 55.5 Å². The highest BCUT2D eigenvalue weighted by Gasteiger charge is 2.23. The summed E-state index contributed by atoms with van der Waals surface area (Å²) < 4.78 is 7.03. The van der Waals surface area contributed by atoms with Crippen molar-refractivity contribution in [1.29, 1.82) is 5.26 Å². The molecule has 0 saturated heterocycles. The van der Waals surface area contributed by atoms with Crippen molar-refractivity contribution in [3.63, 3.8) is 0 Å². The maximum absolute atomic E-state index is 12.3. The molecule has 2 N–H and O–H groups in total. The van der Waals surface area contributed by atoms with Gasteiger partial charge in [-0.3, -0.25) is 9.48 Å². The Morgan fingerprint density at radius 1 is 1.23 bits per heavy atom. The average molecular weight is 557 g/mol. The maximum Gasteiger partial charge on any atom is 0.407 e. The Hall–Kier alpha value is -4.68. The number of aryl methyl sites for hydroxylation is 2. The molecule has 204 valence electrons. The topological polar surface area (TPSA) is 121 Å². The molecule has 0 radical (unpaired) electrons. The molecule has 0 fully saturated rings. The Labute approximate surface area is 237 Å². The van der Waals surface area contributed by atoms with Gasteiger partial charge in [0.15, 0.2) is 0 Å². The summed E-state index contributed by atoms with van der Waals surface area (Å²) in [6.07, 6.45) is 1.57. The lowest BCUT2D eigenvalue weighted by molar-refractivity contribution is -0.109. The van der Waals surface area contributed by atoms with Gasteiger partial charge in [0.2, 0.25) is 6.41 Å². The molecule has 3 aromatic carbocycles. The first kappa shape index (κ1) is 28.3. The summed E-state index contributed by atoms with van der Waals surface area (Å²) in [6.45, 7) is 7.23. The van der Waals surface area contributed by atoms with Crippen LogP contribution in [0.15, 0.2) is 59.8 Å². The monoisotopic (exact) mass is 556 g/mol. The number of halogens is 1. The van der Waals surface area contributed by atoms with E-state index >= 15 is 0 Å². The molecule has 0 aliphatic rings. The molecule has 0 unspecified atom stereocenters. The number of nitrogens with one attached hydrogen (secondary N) is 2. The summed E-state index contributed by atoms with van der Waals surface area (Å²) in [4.78, 5) is 23.4. The van der Waals surface area contributed by atoms with Crippen molar-refractivity contribution in [3.8, 4) is 28.5 Å². The zero-order chi connectivity index (χ0) is 29.0. The van der Waals surface area contributed by atoms with Crippen LogP contribution in [0.25, 0.3) is 33.2 Å². The molecule has 0 bridgehead atoms. The SMILES string of the molecule is Cc1ccc(-c2cnn(C)c2-c2c(Cl)cc3ccccc3c2C#N)cc1/C(CNC(=O)OC(C)(C)C)=N\NC=O. The van der Waals surface area contributed by atoms with Gasteiger partial charge in [0.25, 0.3) is 0 Å². The van der Waals surface area contributed by atoms with Gasteiger partial charge in [-0.15, -0.1) is 0 Å². The molecular formula is C30H29ClN6O3. The van der Waals surface area contributed by atoms with Crippen molar-refractivity contribution < 1.29 is 14.3 Å². The van der Waals surface area contributed by atoms with Crippen molar-refractivity contribution in [2.75, 3.05) is 6.54 Å². The fraction of sp³-hybridized carbons (Fsp3) is 0.233. The summed E-state index contributed by atoms with van der Waals surface area (Å²) in [7, 11) is 1.80. The minimum atomic E-state index is -0.665. The van der Waals surface area contributed by atoms with E-state index in [2.05, 4.69) is 27.0 Å². The molecule has 0 spiro atoms. The number of rotatable bonds is 7. The van der Waals surface area contributed by atoms with E-state index < -0.39 is 11.7 Å². The molecule has 2 amide bonds. The predicted octanol–water partition coefficient (Wildman–Crippen LogP) is 5.72. The van der Waals surface area contributed by atoms with E-state index in [0.29, 0.717) is 39.5 Å². The fourth-order valence-corrected chi connectivity index (χ4v) is 4.78. The maximum atomic E-state index is 12.3. The number of fused-ring (bicyclic) bond motifs is 1. The van der Waals surface area contributed by atoms with Crippen molar-refractivity contribution in [2.24, 2.45) is 12.1 Å². The number of aromatic nitrogens is 2. The predicted molar refractivity (Wildman–Crippen MR) is 156 cm³/mol.